The molecule has 0 aromatic heterocycles. The molecule has 0 radical (unpaired) electrons. The van der Waals surface area contributed by atoms with E-state index in [2.05, 4.69) is 10.2 Å². The maximum atomic E-state index is 11.1. The quantitative estimate of drug-likeness (QED) is 0.678. The zero-order valence-corrected chi connectivity index (χ0v) is 11.5. The van der Waals surface area contributed by atoms with Crippen molar-refractivity contribution in [3.05, 3.63) is 0 Å². The van der Waals surface area contributed by atoms with Crippen molar-refractivity contribution in [2.75, 3.05) is 33.3 Å². The molecular formula is C13H26N2O3. The molecule has 0 aliphatic carbocycles. The summed E-state index contributed by atoms with van der Waals surface area (Å²) in [5, 5.41) is 12.2. The molecule has 1 saturated heterocycles. The minimum absolute atomic E-state index is 0.268. The Morgan fingerprint density at radius 3 is 2.89 bits per heavy atom. The van der Waals surface area contributed by atoms with E-state index in [1.54, 1.807) is 0 Å². The van der Waals surface area contributed by atoms with Gasteiger partial charge in [-0.2, -0.15) is 0 Å². The van der Waals surface area contributed by atoms with Crippen molar-refractivity contribution in [3.63, 3.8) is 0 Å². The van der Waals surface area contributed by atoms with Crippen molar-refractivity contribution in [2.24, 2.45) is 0 Å². The Balaban J connectivity index is 2.30. The Kier molecular flexibility index (Phi) is 7.23. The first kappa shape index (κ1) is 15.4. The molecule has 0 aromatic carbocycles. The number of likely N-dealkylation sites (N-methyl/N-ethyl adjacent to an activating group) is 1. The fourth-order valence-electron chi connectivity index (χ4n) is 2.23. The van der Waals surface area contributed by atoms with E-state index in [0.717, 1.165) is 39.0 Å². The lowest BCUT2D eigenvalue weighted by Crippen LogP contribution is -2.47. The Morgan fingerprint density at radius 2 is 2.33 bits per heavy atom. The van der Waals surface area contributed by atoms with Gasteiger partial charge in [0, 0.05) is 19.7 Å². The largest absolute Gasteiger partial charge is 0.480 e. The molecule has 2 unspecified atom stereocenters. The molecule has 5 heteroatoms. The van der Waals surface area contributed by atoms with Crippen LogP contribution in [0.3, 0.4) is 0 Å². The third-order valence-corrected chi connectivity index (χ3v) is 3.22. The molecule has 106 valence electrons. The Morgan fingerprint density at radius 1 is 1.56 bits per heavy atom. The molecule has 5 nitrogen and oxygen atoms in total. The predicted octanol–water partition coefficient (Wildman–Crippen LogP) is 0.940. The summed E-state index contributed by atoms with van der Waals surface area (Å²) in [4.78, 5) is 13.2. The minimum atomic E-state index is -0.778. The molecule has 2 atom stereocenters. The van der Waals surface area contributed by atoms with E-state index in [4.69, 9.17) is 9.84 Å². The molecule has 0 saturated carbocycles. The van der Waals surface area contributed by atoms with E-state index in [-0.39, 0.29) is 6.10 Å². The van der Waals surface area contributed by atoms with Crippen molar-refractivity contribution in [3.8, 4) is 0 Å². The van der Waals surface area contributed by atoms with Crippen LogP contribution in [0.15, 0.2) is 0 Å². The normalized spacial score (nSPS) is 22.1. The fourth-order valence-corrected chi connectivity index (χ4v) is 2.23. The van der Waals surface area contributed by atoms with E-state index < -0.39 is 12.0 Å². The van der Waals surface area contributed by atoms with Crippen molar-refractivity contribution < 1.29 is 14.6 Å². The van der Waals surface area contributed by atoms with E-state index >= 15 is 0 Å². The van der Waals surface area contributed by atoms with Gasteiger partial charge in [0.1, 0.15) is 6.04 Å². The molecule has 1 fully saturated rings. The topological polar surface area (TPSA) is 61.8 Å². The van der Waals surface area contributed by atoms with Gasteiger partial charge >= 0.3 is 5.97 Å². The number of carboxylic acids is 1. The van der Waals surface area contributed by atoms with Crippen LogP contribution in [0.1, 0.15) is 32.6 Å². The number of rotatable bonds is 8. The monoisotopic (exact) mass is 258 g/mol. The van der Waals surface area contributed by atoms with Crippen LogP contribution >= 0.6 is 0 Å². The molecule has 18 heavy (non-hydrogen) atoms. The third kappa shape index (κ3) is 5.80. The van der Waals surface area contributed by atoms with Gasteiger partial charge in [0.15, 0.2) is 0 Å². The summed E-state index contributed by atoms with van der Waals surface area (Å²) >= 11 is 0. The lowest BCUT2D eigenvalue weighted by molar-refractivity contribution is -0.140. The van der Waals surface area contributed by atoms with Crippen LogP contribution in [-0.2, 0) is 9.53 Å². The fraction of sp³-hybridized carbons (Fsp3) is 0.923. The summed E-state index contributed by atoms with van der Waals surface area (Å²) in [6.07, 6.45) is 4.67. The van der Waals surface area contributed by atoms with Crippen molar-refractivity contribution >= 4 is 5.97 Å². The molecule has 0 spiro atoms. The first-order chi connectivity index (χ1) is 8.63. The number of carbonyl (C=O) groups is 1. The van der Waals surface area contributed by atoms with Gasteiger partial charge in [-0.15, -0.1) is 0 Å². The van der Waals surface area contributed by atoms with Crippen molar-refractivity contribution in [1.29, 1.82) is 0 Å². The van der Waals surface area contributed by atoms with Gasteiger partial charge in [-0.3, -0.25) is 4.79 Å². The van der Waals surface area contributed by atoms with Gasteiger partial charge in [0.25, 0.3) is 0 Å². The Hall–Kier alpha value is -0.650. The van der Waals surface area contributed by atoms with Crippen LogP contribution in [0.25, 0.3) is 0 Å². The smallest absolute Gasteiger partial charge is 0.322 e. The van der Waals surface area contributed by atoms with Gasteiger partial charge in [0.2, 0.25) is 0 Å². The number of hydrogen-bond acceptors (Lipinski definition) is 4. The number of nitrogens with one attached hydrogen (secondary N) is 1. The van der Waals surface area contributed by atoms with Gasteiger partial charge in [-0.1, -0.05) is 6.92 Å². The minimum Gasteiger partial charge on any atom is -0.480 e. The highest BCUT2D eigenvalue weighted by Crippen LogP contribution is 2.13. The molecule has 1 aliphatic heterocycles. The summed E-state index contributed by atoms with van der Waals surface area (Å²) in [5.41, 5.74) is 0. The highest BCUT2D eigenvalue weighted by atomic mass is 16.5. The highest BCUT2D eigenvalue weighted by molar-refractivity contribution is 5.73. The van der Waals surface area contributed by atoms with Crippen LogP contribution in [0.5, 0.6) is 0 Å². The van der Waals surface area contributed by atoms with Gasteiger partial charge < -0.3 is 20.1 Å². The Labute approximate surface area is 109 Å². The summed E-state index contributed by atoms with van der Waals surface area (Å²) < 4.78 is 5.66. The average molecular weight is 258 g/mol. The van der Waals surface area contributed by atoms with E-state index in [1.807, 2.05) is 14.0 Å². The van der Waals surface area contributed by atoms with Gasteiger partial charge in [-0.25, -0.2) is 0 Å². The molecule has 1 rings (SSSR count). The number of hydrogen-bond donors (Lipinski definition) is 2. The maximum absolute atomic E-state index is 11.1. The average Bonchev–Trinajstić information content (AvgIpc) is 2.35. The molecule has 1 aliphatic rings. The second-order valence-corrected chi connectivity index (χ2v) is 5.05. The van der Waals surface area contributed by atoms with Gasteiger partial charge in [0.05, 0.1) is 6.10 Å². The lowest BCUT2D eigenvalue weighted by atomic mass is 10.1. The number of ether oxygens (including phenoxy) is 1. The third-order valence-electron chi connectivity index (χ3n) is 3.22. The molecule has 0 aromatic rings. The van der Waals surface area contributed by atoms with Crippen LogP contribution in [0, 0.1) is 0 Å². The predicted molar refractivity (Wildman–Crippen MR) is 70.8 cm³/mol. The summed E-state index contributed by atoms with van der Waals surface area (Å²) in [5.74, 6) is -0.778. The first-order valence-electron chi connectivity index (χ1n) is 6.89. The molecule has 2 N–H and O–H groups in total. The number of aliphatic carboxylic acids is 1. The highest BCUT2D eigenvalue weighted by Gasteiger charge is 2.21. The van der Waals surface area contributed by atoms with Crippen molar-refractivity contribution in [1.82, 2.24) is 10.2 Å². The number of nitrogens with zero attached hydrogens (tertiary/aromatic N) is 1. The van der Waals surface area contributed by atoms with Gasteiger partial charge in [-0.05, 0) is 39.3 Å². The standard InChI is InChI=1S/C13H26N2O3/c1-3-7-14-12(13(16)17)10-15(2)9-11-6-4-5-8-18-11/h11-12,14H,3-10H2,1-2H3,(H,16,17). The van der Waals surface area contributed by atoms with Crippen molar-refractivity contribution in [2.45, 2.75) is 44.8 Å². The number of carboxylic acid groups (broad SMARTS) is 1. The Bertz CT molecular complexity index is 242. The molecule has 0 amide bonds. The second-order valence-electron chi connectivity index (χ2n) is 5.05. The summed E-state index contributed by atoms with van der Waals surface area (Å²) in [7, 11) is 1.96. The molecule has 0 bridgehead atoms. The SMILES string of the molecule is CCCNC(CN(C)CC1CCCCO1)C(=O)O. The summed E-state index contributed by atoms with van der Waals surface area (Å²) in [6.45, 7) is 4.96. The van der Waals surface area contributed by atoms with Crippen LogP contribution in [0.2, 0.25) is 0 Å². The zero-order valence-electron chi connectivity index (χ0n) is 11.5. The van der Waals surface area contributed by atoms with E-state index in [0.29, 0.717) is 6.54 Å². The lowest BCUT2D eigenvalue weighted by Gasteiger charge is -2.29. The maximum Gasteiger partial charge on any atom is 0.322 e. The van der Waals surface area contributed by atoms with Crippen LogP contribution in [0.4, 0.5) is 0 Å². The zero-order chi connectivity index (χ0) is 13.4. The van der Waals surface area contributed by atoms with E-state index in [1.165, 1.54) is 6.42 Å². The second kappa shape index (κ2) is 8.45. The molecule has 1 heterocycles. The summed E-state index contributed by atoms with van der Waals surface area (Å²) in [6, 6.07) is -0.487. The molecular weight excluding hydrogens is 232 g/mol. The first-order valence-corrected chi connectivity index (χ1v) is 6.89. The van der Waals surface area contributed by atoms with E-state index in [9.17, 15) is 4.79 Å². The van der Waals surface area contributed by atoms with Crippen LogP contribution in [-0.4, -0.2) is 61.4 Å². The van der Waals surface area contributed by atoms with Crippen LogP contribution < -0.4 is 5.32 Å².